The maximum Gasteiger partial charge on any atom is 0.254 e. The lowest BCUT2D eigenvalue weighted by molar-refractivity contribution is -0.133. The number of carbonyl (C=O) groups excluding carboxylic acids is 1. The number of nitrogens with zero attached hydrogens (tertiary/aromatic N) is 5. The Hall–Kier alpha value is -3.29. The highest BCUT2D eigenvalue weighted by molar-refractivity contribution is 5.76. The van der Waals surface area contributed by atoms with E-state index in [9.17, 15) is 9.59 Å². The number of fused-ring (bicyclic) bond motifs is 2. The minimum absolute atomic E-state index is 0.0529. The number of pyridine rings is 1. The summed E-state index contributed by atoms with van der Waals surface area (Å²) in [6, 6.07) is 5.55. The Morgan fingerprint density at radius 3 is 2.76 bits per heavy atom. The van der Waals surface area contributed by atoms with Gasteiger partial charge in [-0.15, -0.1) is 0 Å². The molecule has 2 aliphatic rings. The van der Waals surface area contributed by atoms with Gasteiger partial charge in [0.15, 0.2) is 0 Å². The zero-order chi connectivity index (χ0) is 19.8. The first-order chi connectivity index (χ1) is 14.1. The van der Waals surface area contributed by atoms with Gasteiger partial charge in [-0.05, 0) is 43.9 Å². The van der Waals surface area contributed by atoms with Gasteiger partial charge in [0.25, 0.3) is 5.56 Å². The second kappa shape index (κ2) is 6.95. The fourth-order valence-electron chi connectivity index (χ4n) is 4.59. The molecule has 0 aromatic carbocycles. The lowest BCUT2D eigenvalue weighted by Gasteiger charge is -2.39. The third kappa shape index (κ3) is 3.14. The van der Waals surface area contributed by atoms with Gasteiger partial charge in [0.1, 0.15) is 12.4 Å². The maximum atomic E-state index is 12.7. The van der Waals surface area contributed by atoms with E-state index in [0.717, 1.165) is 42.5 Å². The van der Waals surface area contributed by atoms with Crippen molar-refractivity contribution < 1.29 is 4.79 Å². The summed E-state index contributed by atoms with van der Waals surface area (Å²) in [6.07, 6.45) is 10.2. The summed E-state index contributed by atoms with van der Waals surface area (Å²) < 4.78 is 1.65. The lowest BCUT2D eigenvalue weighted by Crippen LogP contribution is -2.46. The van der Waals surface area contributed by atoms with Gasteiger partial charge in [0, 0.05) is 54.4 Å². The quantitative estimate of drug-likeness (QED) is 0.732. The average Bonchev–Trinajstić information content (AvgIpc) is 3.38. The second-order valence-electron chi connectivity index (χ2n) is 7.85. The predicted octanol–water partition coefficient (Wildman–Crippen LogP) is 1.53. The number of carbonyl (C=O) groups is 1. The topological polar surface area (TPSA) is 96.8 Å². The van der Waals surface area contributed by atoms with Gasteiger partial charge >= 0.3 is 0 Å². The molecule has 4 heterocycles. The van der Waals surface area contributed by atoms with Crippen LogP contribution in [0, 0.1) is 0 Å². The van der Waals surface area contributed by atoms with Crippen LogP contribution in [0.4, 0.5) is 0 Å². The first-order valence-electron chi connectivity index (χ1n) is 9.94. The number of H-pyrrole nitrogens is 1. The Labute approximate surface area is 167 Å². The molecule has 1 N–H and O–H groups in total. The van der Waals surface area contributed by atoms with Crippen molar-refractivity contribution >= 4 is 5.91 Å². The number of piperidine rings is 1. The van der Waals surface area contributed by atoms with Gasteiger partial charge in [-0.2, -0.15) is 5.10 Å². The zero-order valence-electron chi connectivity index (χ0n) is 16.0. The molecular formula is C21H22N6O2. The molecule has 0 unspecified atom stereocenters. The summed E-state index contributed by atoms with van der Waals surface area (Å²) >= 11 is 0. The fourth-order valence-corrected chi connectivity index (χ4v) is 4.59. The van der Waals surface area contributed by atoms with Gasteiger partial charge in [-0.25, -0.2) is 4.98 Å². The molecule has 1 aliphatic heterocycles. The zero-order valence-corrected chi connectivity index (χ0v) is 16.0. The number of likely N-dealkylation sites (tertiary alicyclic amines) is 1. The van der Waals surface area contributed by atoms with Crippen LogP contribution in [0.1, 0.15) is 30.5 Å². The van der Waals surface area contributed by atoms with Crippen molar-refractivity contribution in [3.8, 4) is 11.4 Å². The van der Waals surface area contributed by atoms with E-state index in [1.807, 2.05) is 23.1 Å². The molecule has 5 rings (SSSR count). The molecule has 0 saturated carbocycles. The van der Waals surface area contributed by atoms with Gasteiger partial charge in [-0.1, -0.05) is 0 Å². The smallest absolute Gasteiger partial charge is 0.254 e. The van der Waals surface area contributed by atoms with Crippen molar-refractivity contribution in [1.29, 1.82) is 0 Å². The van der Waals surface area contributed by atoms with Gasteiger partial charge < -0.3 is 9.88 Å². The molecule has 8 nitrogen and oxygen atoms in total. The van der Waals surface area contributed by atoms with E-state index in [1.54, 1.807) is 29.5 Å². The molecule has 0 atom stereocenters. The Bertz CT molecular complexity index is 1080. The van der Waals surface area contributed by atoms with Crippen LogP contribution in [0.3, 0.4) is 0 Å². The van der Waals surface area contributed by atoms with Crippen LogP contribution < -0.4 is 5.56 Å². The van der Waals surface area contributed by atoms with Crippen LogP contribution >= 0.6 is 0 Å². The van der Waals surface area contributed by atoms with Gasteiger partial charge in [-0.3, -0.25) is 19.3 Å². The molecular weight excluding hydrogens is 368 g/mol. The molecule has 1 saturated heterocycles. The highest BCUT2D eigenvalue weighted by atomic mass is 16.2. The third-order valence-electron chi connectivity index (χ3n) is 6.24. The minimum atomic E-state index is -0.122. The summed E-state index contributed by atoms with van der Waals surface area (Å²) in [5.41, 5.74) is 2.35. The second-order valence-corrected chi connectivity index (χ2v) is 7.85. The highest BCUT2D eigenvalue weighted by Crippen LogP contribution is 2.44. The summed E-state index contributed by atoms with van der Waals surface area (Å²) in [7, 11) is 0. The first-order valence-corrected chi connectivity index (χ1v) is 9.94. The molecule has 1 spiro atoms. The minimum Gasteiger partial charge on any atom is -0.341 e. The Balaban J connectivity index is 1.38. The Kier molecular flexibility index (Phi) is 4.26. The summed E-state index contributed by atoms with van der Waals surface area (Å²) in [4.78, 5) is 39.1. The van der Waals surface area contributed by atoms with E-state index in [4.69, 9.17) is 4.98 Å². The van der Waals surface area contributed by atoms with E-state index in [0.29, 0.717) is 18.9 Å². The van der Waals surface area contributed by atoms with Gasteiger partial charge in [0.05, 0.1) is 5.69 Å². The maximum absolute atomic E-state index is 12.7. The van der Waals surface area contributed by atoms with E-state index in [-0.39, 0.29) is 23.4 Å². The highest BCUT2D eigenvalue weighted by Gasteiger charge is 2.44. The van der Waals surface area contributed by atoms with Crippen molar-refractivity contribution in [3.05, 3.63) is 64.6 Å². The van der Waals surface area contributed by atoms with Crippen molar-refractivity contribution in [2.75, 3.05) is 13.1 Å². The largest absolute Gasteiger partial charge is 0.341 e. The molecule has 8 heteroatoms. The number of aromatic nitrogens is 5. The third-order valence-corrected chi connectivity index (χ3v) is 6.24. The number of hydrogen-bond acceptors (Lipinski definition) is 5. The van der Waals surface area contributed by atoms with Gasteiger partial charge in [0.2, 0.25) is 5.91 Å². The normalized spacial score (nSPS) is 17.4. The first kappa shape index (κ1) is 17.8. The van der Waals surface area contributed by atoms with E-state index >= 15 is 0 Å². The summed E-state index contributed by atoms with van der Waals surface area (Å²) in [5, 5.41) is 4.12. The molecule has 1 aliphatic carbocycles. The van der Waals surface area contributed by atoms with Crippen LogP contribution in [0.2, 0.25) is 0 Å². The SMILES string of the molecule is O=C(Cn1cccn1)N1CCC2(CCc3c2nc(-c2cccnc2)[nH]c3=O)CC1. The van der Waals surface area contributed by atoms with Crippen molar-refractivity contribution in [1.82, 2.24) is 29.6 Å². The van der Waals surface area contributed by atoms with Crippen LogP contribution in [-0.2, 0) is 23.2 Å². The van der Waals surface area contributed by atoms with Crippen LogP contribution in [-0.4, -0.2) is 48.6 Å². The monoisotopic (exact) mass is 390 g/mol. The molecule has 148 valence electrons. The molecule has 0 radical (unpaired) electrons. The van der Waals surface area contributed by atoms with E-state index < -0.39 is 0 Å². The number of rotatable bonds is 3. The summed E-state index contributed by atoms with van der Waals surface area (Å²) in [5.74, 6) is 0.650. The number of nitrogens with one attached hydrogen (secondary N) is 1. The van der Waals surface area contributed by atoms with Crippen molar-refractivity contribution in [3.63, 3.8) is 0 Å². The molecule has 1 fully saturated rings. The van der Waals surface area contributed by atoms with Crippen molar-refractivity contribution in [2.45, 2.75) is 37.6 Å². The fraction of sp³-hybridized carbons (Fsp3) is 0.381. The average molecular weight is 390 g/mol. The Morgan fingerprint density at radius 1 is 1.17 bits per heavy atom. The standard InChI is InChI=1S/C21H22N6O2/c28-17(14-27-10-2-9-23-27)26-11-6-21(7-12-26)5-4-16-18(21)24-19(25-20(16)29)15-3-1-8-22-13-15/h1-3,8-10,13H,4-7,11-12,14H2,(H,24,25,29). The number of aromatic amines is 1. The molecule has 3 aromatic heterocycles. The number of hydrogen-bond donors (Lipinski definition) is 1. The van der Waals surface area contributed by atoms with E-state index in [1.165, 1.54) is 0 Å². The Morgan fingerprint density at radius 2 is 2.03 bits per heavy atom. The molecule has 29 heavy (non-hydrogen) atoms. The van der Waals surface area contributed by atoms with Crippen LogP contribution in [0.5, 0.6) is 0 Å². The number of amides is 1. The molecule has 1 amide bonds. The van der Waals surface area contributed by atoms with E-state index in [2.05, 4.69) is 15.1 Å². The van der Waals surface area contributed by atoms with Crippen LogP contribution in [0.25, 0.3) is 11.4 Å². The van der Waals surface area contributed by atoms with Crippen LogP contribution in [0.15, 0.2) is 47.8 Å². The molecule has 0 bridgehead atoms. The lowest BCUT2D eigenvalue weighted by atomic mass is 9.76. The summed E-state index contributed by atoms with van der Waals surface area (Å²) in [6.45, 7) is 1.62. The predicted molar refractivity (Wildman–Crippen MR) is 106 cm³/mol. The molecule has 3 aromatic rings. The van der Waals surface area contributed by atoms with Crippen molar-refractivity contribution in [2.24, 2.45) is 0 Å².